The third-order valence-corrected chi connectivity index (χ3v) is 7.02. The predicted molar refractivity (Wildman–Crippen MR) is 142 cm³/mol. The number of imidazole rings is 1. The van der Waals surface area contributed by atoms with Gasteiger partial charge < -0.3 is 9.64 Å². The number of nitrogens with zero attached hydrogens (tertiary/aromatic N) is 5. The summed E-state index contributed by atoms with van der Waals surface area (Å²) in [7, 11) is 0. The number of fused-ring (bicyclic) bond motifs is 1. The van der Waals surface area contributed by atoms with Crippen LogP contribution in [-0.4, -0.2) is 43.4 Å². The van der Waals surface area contributed by atoms with Gasteiger partial charge in [0.05, 0.1) is 17.1 Å². The Morgan fingerprint density at radius 2 is 1.79 bits per heavy atom. The summed E-state index contributed by atoms with van der Waals surface area (Å²) in [5.41, 5.74) is 6.06. The Morgan fingerprint density at radius 1 is 1.00 bits per heavy atom. The third kappa shape index (κ3) is 4.85. The lowest BCUT2D eigenvalue weighted by Gasteiger charge is -2.31. The van der Waals surface area contributed by atoms with Crippen molar-refractivity contribution in [1.82, 2.24) is 24.3 Å². The highest BCUT2D eigenvalue weighted by Crippen LogP contribution is 2.34. The van der Waals surface area contributed by atoms with Crippen molar-refractivity contribution in [3.8, 4) is 22.6 Å². The van der Waals surface area contributed by atoms with Gasteiger partial charge >= 0.3 is 6.09 Å². The Labute approximate surface area is 219 Å². The van der Waals surface area contributed by atoms with Crippen LogP contribution in [0.1, 0.15) is 29.9 Å². The second-order valence-corrected chi connectivity index (χ2v) is 9.40. The Kier molecular flexibility index (Phi) is 6.52. The van der Waals surface area contributed by atoms with E-state index in [-0.39, 0.29) is 18.5 Å². The highest BCUT2D eigenvalue weighted by Gasteiger charge is 2.26. The van der Waals surface area contributed by atoms with E-state index in [0.29, 0.717) is 19.0 Å². The number of ether oxygens (including phenoxy) is 1. The van der Waals surface area contributed by atoms with Gasteiger partial charge in [-0.1, -0.05) is 30.3 Å². The van der Waals surface area contributed by atoms with Crippen molar-refractivity contribution in [3.63, 3.8) is 0 Å². The summed E-state index contributed by atoms with van der Waals surface area (Å²) in [4.78, 5) is 27.8. The molecule has 3 aromatic heterocycles. The highest BCUT2D eigenvalue weighted by molar-refractivity contribution is 5.80. The van der Waals surface area contributed by atoms with Gasteiger partial charge in [-0.05, 0) is 72.4 Å². The number of aromatic nitrogens is 4. The fraction of sp³-hybridized carbons (Fsp3) is 0.200. The molecule has 0 radical (unpaired) electrons. The summed E-state index contributed by atoms with van der Waals surface area (Å²) >= 11 is 0. The average Bonchev–Trinajstić information content (AvgIpc) is 3.36. The van der Waals surface area contributed by atoms with E-state index in [9.17, 15) is 9.18 Å². The first-order valence-corrected chi connectivity index (χ1v) is 12.7. The summed E-state index contributed by atoms with van der Waals surface area (Å²) in [5.74, 6) is 0.0188. The van der Waals surface area contributed by atoms with Crippen molar-refractivity contribution >= 4 is 11.7 Å². The molecule has 0 saturated carbocycles. The van der Waals surface area contributed by atoms with Crippen LogP contribution in [0.4, 0.5) is 9.18 Å². The minimum Gasteiger partial charge on any atom is -0.445 e. The third-order valence-electron chi connectivity index (χ3n) is 7.02. The number of halogens is 1. The lowest BCUT2D eigenvalue weighted by atomic mass is 9.90. The molecule has 0 bridgehead atoms. The van der Waals surface area contributed by atoms with Crippen molar-refractivity contribution < 1.29 is 13.9 Å². The van der Waals surface area contributed by atoms with Crippen molar-refractivity contribution in [1.29, 1.82) is 0 Å². The molecule has 1 saturated heterocycles. The Hall–Kier alpha value is -4.59. The second kappa shape index (κ2) is 10.4. The maximum Gasteiger partial charge on any atom is 0.410 e. The van der Waals surface area contributed by atoms with Crippen LogP contribution in [-0.2, 0) is 11.3 Å². The van der Waals surface area contributed by atoms with Crippen LogP contribution >= 0.6 is 0 Å². The van der Waals surface area contributed by atoms with E-state index in [1.165, 1.54) is 24.0 Å². The maximum atomic E-state index is 13.6. The van der Waals surface area contributed by atoms with E-state index >= 15 is 0 Å². The van der Waals surface area contributed by atoms with Crippen LogP contribution in [0.5, 0.6) is 0 Å². The fourth-order valence-corrected chi connectivity index (χ4v) is 5.00. The molecular weight excluding hydrogens is 481 g/mol. The number of carbonyl (C=O) groups excluding carboxylic acids is 1. The van der Waals surface area contributed by atoms with Gasteiger partial charge in [-0.25, -0.2) is 24.1 Å². The molecule has 0 atom stereocenters. The zero-order valence-electron chi connectivity index (χ0n) is 20.7. The van der Waals surface area contributed by atoms with Crippen molar-refractivity contribution in [2.75, 3.05) is 13.1 Å². The van der Waals surface area contributed by atoms with E-state index in [4.69, 9.17) is 9.72 Å². The van der Waals surface area contributed by atoms with Crippen molar-refractivity contribution in [3.05, 3.63) is 108 Å². The Morgan fingerprint density at radius 3 is 2.53 bits per heavy atom. The normalized spacial score (nSPS) is 14.1. The summed E-state index contributed by atoms with van der Waals surface area (Å²) in [5, 5.41) is 0. The van der Waals surface area contributed by atoms with Gasteiger partial charge in [0, 0.05) is 31.0 Å². The molecule has 7 nitrogen and oxygen atoms in total. The summed E-state index contributed by atoms with van der Waals surface area (Å²) in [6, 6.07) is 22.1. The van der Waals surface area contributed by atoms with E-state index in [1.807, 2.05) is 47.0 Å². The maximum absolute atomic E-state index is 13.6. The molecule has 38 heavy (non-hydrogen) atoms. The van der Waals surface area contributed by atoms with Gasteiger partial charge in [-0.2, -0.15) is 0 Å². The van der Waals surface area contributed by atoms with Crippen LogP contribution in [0, 0.1) is 5.82 Å². The van der Waals surface area contributed by atoms with Crippen LogP contribution in [0.15, 0.2) is 91.5 Å². The van der Waals surface area contributed by atoms with Gasteiger partial charge in [-0.15, -0.1) is 0 Å². The zero-order chi connectivity index (χ0) is 25.9. The van der Waals surface area contributed by atoms with Crippen LogP contribution in [0.25, 0.3) is 28.3 Å². The van der Waals surface area contributed by atoms with Crippen LogP contribution in [0.2, 0.25) is 0 Å². The molecule has 1 aliphatic heterocycles. The smallest absolute Gasteiger partial charge is 0.410 e. The monoisotopic (exact) mass is 507 g/mol. The standard InChI is InChI=1S/C30H26FN5O2/c31-25-8-6-23(7-9-25)28-29(26-10-14-32-20-33-26)36-17-13-24(18-27(36)34-28)22-11-15-35(16-12-22)30(37)38-19-21-4-2-1-3-5-21/h1-10,13-14,17-18,20,22H,11-12,15-16,19H2. The number of hydrogen-bond acceptors (Lipinski definition) is 5. The molecule has 2 aromatic carbocycles. The van der Waals surface area contributed by atoms with Gasteiger partial charge in [0.25, 0.3) is 0 Å². The summed E-state index contributed by atoms with van der Waals surface area (Å²) in [6.45, 7) is 1.57. The number of likely N-dealkylation sites (tertiary alicyclic amines) is 1. The van der Waals surface area contributed by atoms with Gasteiger partial charge in [0.2, 0.25) is 0 Å². The molecule has 8 heteroatoms. The molecule has 1 aliphatic rings. The largest absolute Gasteiger partial charge is 0.445 e. The van der Waals surface area contributed by atoms with E-state index in [1.54, 1.807) is 23.2 Å². The first-order chi connectivity index (χ1) is 18.7. The number of rotatable bonds is 5. The summed E-state index contributed by atoms with van der Waals surface area (Å²) < 4.78 is 21.1. The Bertz CT molecular complexity index is 1550. The number of amides is 1. The second-order valence-electron chi connectivity index (χ2n) is 9.40. The Balaban J connectivity index is 1.22. The lowest BCUT2D eigenvalue weighted by Crippen LogP contribution is -2.38. The lowest BCUT2D eigenvalue weighted by molar-refractivity contribution is 0.0870. The number of carbonyl (C=O) groups is 1. The first kappa shape index (κ1) is 23.8. The number of benzene rings is 2. The average molecular weight is 508 g/mol. The summed E-state index contributed by atoms with van der Waals surface area (Å²) in [6.07, 6.45) is 6.65. The van der Waals surface area contributed by atoms with E-state index < -0.39 is 0 Å². The molecule has 190 valence electrons. The predicted octanol–water partition coefficient (Wildman–Crippen LogP) is 6.11. The molecule has 4 heterocycles. The SMILES string of the molecule is O=C(OCc1ccccc1)N1CCC(c2ccn3c(-c4ccncn4)c(-c4ccc(F)cc4)nc3c2)CC1. The number of hydrogen-bond donors (Lipinski definition) is 0. The molecule has 5 aromatic rings. The minimum atomic E-state index is -0.293. The molecule has 1 amide bonds. The zero-order valence-corrected chi connectivity index (χ0v) is 20.7. The van der Waals surface area contributed by atoms with Gasteiger partial charge in [0.1, 0.15) is 24.4 Å². The van der Waals surface area contributed by atoms with E-state index in [0.717, 1.165) is 46.7 Å². The number of piperidine rings is 1. The molecule has 0 N–H and O–H groups in total. The quantitative estimate of drug-likeness (QED) is 0.287. The molecule has 0 unspecified atom stereocenters. The highest BCUT2D eigenvalue weighted by atomic mass is 19.1. The molecule has 1 fully saturated rings. The van der Waals surface area contributed by atoms with Crippen molar-refractivity contribution in [2.45, 2.75) is 25.4 Å². The number of pyridine rings is 1. The topological polar surface area (TPSA) is 72.6 Å². The van der Waals surface area contributed by atoms with Crippen LogP contribution < -0.4 is 0 Å². The molecule has 0 spiro atoms. The molecule has 6 rings (SSSR count). The molecule has 0 aliphatic carbocycles. The minimum absolute atomic E-state index is 0.269. The van der Waals surface area contributed by atoms with Crippen LogP contribution in [0.3, 0.4) is 0 Å². The van der Waals surface area contributed by atoms with Gasteiger partial charge in [0.15, 0.2) is 0 Å². The van der Waals surface area contributed by atoms with Gasteiger partial charge in [-0.3, -0.25) is 4.40 Å². The first-order valence-electron chi connectivity index (χ1n) is 12.7. The molecular formula is C30H26FN5O2. The van der Waals surface area contributed by atoms with Crippen molar-refractivity contribution in [2.24, 2.45) is 0 Å². The fourth-order valence-electron chi connectivity index (χ4n) is 5.00. The van der Waals surface area contributed by atoms with E-state index in [2.05, 4.69) is 22.1 Å².